The molecule has 0 nitrogen and oxygen atoms in total. The molecular weight excluding hydrogens is 324 g/mol. The van der Waals surface area contributed by atoms with Crippen molar-refractivity contribution in [2.75, 3.05) is 0 Å². The van der Waals surface area contributed by atoms with Gasteiger partial charge in [-0.1, -0.05) is 54.6 Å². The molecule has 0 N–H and O–H groups in total. The van der Waals surface area contributed by atoms with Gasteiger partial charge in [-0.15, -0.1) is 0 Å². The Balaban J connectivity index is 1.92. The minimum absolute atomic E-state index is 1.36. The van der Waals surface area contributed by atoms with E-state index < -0.39 is 0 Å². The molecule has 0 heteroatoms. The van der Waals surface area contributed by atoms with E-state index in [0.29, 0.717) is 0 Å². The van der Waals surface area contributed by atoms with Crippen molar-refractivity contribution in [2.24, 2.45) is 0 Å². The second-order valence-corrected chi connectivity index (χ2v) is 7.93. The zero-order chi connectivity index (χ0) is 18.9. The first-order valence-corrected chi connectivity index (χ1v) is 9.73. The van der Waals surface area contributed by atoms with Gasteiger partial charge in [0.2, 0.25) is 0 Å². The average molecular weight is 348 g/mol. The molecule has 0 fully saturated rings. The molecule has 0 radical (unpaired) electrons. The predicted octanol–water partition coefficient (Wildman–Crippen LogP) is 7.70. The number of rotatable bonds is 1. The highest BCUT2D eigenvalue weighted by Crippen LogP contribution is 2.50. The molecular formula is C27H24. The lowest BCUT2D eigenvalue weighted by molar-refractivity contribution is 1.18. The molecule has 5 rings (SSSR count). The Morgan fingerprint density at radius 2 is 0.889 bits per heavy atom. The molecule has 1 aliphatic rings. The minimum Gasteiger partial charge on any atom is -0.0616 e. The molecule has 0 atom stereocenters. The largest absolute Gasteiger partial charge is 0.0616 e. The number of hydrogen-bond acceptors (Lipinski definition) is 0. The van der Waals surface area contributed by atoms with Gasteiger partial charge in [0.05, 0.1) is 0 Å². The summed E-state index contributed by atoms with van der Waals surface area (Å²) in [6.45, 7) is 11.3. The van der Waals surface area contributed by atoms with Gasteiger partial charge in [-0.05, 0) is 107 Å². The predicted molar refractivity (Wildman–Crippen MR) is 117 cm³/mol. The van der Waals surface area contributed by atoms with Crippen molar-refractivity contribution < 1.29 is 0 Å². The third-order valence-corrected chi connectivity index (χ3v) is 6.82. The summed E-state index contributed by atoms with van der Waals surface area (Å²) in [4.78, 5) is 0. The average Bonchev–Trinajstić information content (AvgIpc) is 3.02. The van der Waals surface area contributed by atoms with Crippen molar-refractivity contribution in [1.82, 2.24) is 0 Å². The van der Waals surface area contributed by atoms with Gasteiger partial charge in [0.1, 0.15) is 0 Å². The molecule has 0 bridgehead atoms. The van der Waals surface area contributed by atoms with Crippen LogP contribution in [0.5, 0.6) is 0 Å². The van der Waals surface area contributed by atoms with Crippen molar-refractivity contribution in [3.8, 4) is 33.4 Å². The third kappa shape index (κ3) is 2.04. The van der Waals surface area contributed by atoms with E-state index in [1.807, 2.05) is 0 Å². The van der Waals surface area contributed by atoms with Crippen molar-refractivity contribution in [3.63, 3.8) is 0 Å². The van der Waals surface area contributed by atoms with Crippen LogP contribution < -0.4 is 0 Å². The minimum atomic E-state index is 1.36. The molecule has 0 unspecified atom stereocenters. The van der Waals surface area contributed by atoms with Crippen LogP contribution in [0.2, 0.25) is 0 Å². The first kappa shape index (κ1) is 16.3. The molecule has 132 valence electrons. The van der Waals surface area contributed by atoms with Crippen LogP contribution in [0.1, 0.15) is 27.8 Å². The maximum atomic E-state index is 2.34. The molecule has 0 heterocycles. The first-order valence-electron chi connectivity index (χ1n) is 9.73. The van der Waals surface area contributed by atoms with E-state index >= 15 is 0 Å². The van der Waals surface area contributed by atoms with Crippen LogP contribution in [0.25, 0.3) is 44.2 Å². The van der Waals surface area contributed by atoms with Gasteiger partial charge < -0.3 is 0 Å². The highest BCUT2D eigenvalue weighted by Gasteiger charge is 2.23. The summed E-state index contributed by atoms with van der Waals surface area (Å²) < 4.78 is 0. The summed E-state index contributed by atoms with van der Waals surface area (Å²) in [5, 5.41) is 2.78. The van der Waals surface area contributed by atoms with E-state index in [2.05, 4.69) is 89.2 Å². The van der Waals surface area contributed by atoms with E-state index in [-0.39, 0.29) is 0 Å². The maximum Gasteiger partial charge on any atom is -0.00201 e. The van der Waals surface area contributed by atoms with E-state index in [0.717, 1.165) is 0 Å². The molecule has 0 aliphatic heterocycles. The van der Waals surface area contributed by atoms with Gasteiger partial charge in [0, 0.05) is 0 Å². The lowest BCUT2D eigenvalue weighted by atomic mass is 9.84. The van der Waals surface area contributed by atoms with Gasteiger partial charge in [-0.3, -0.25) is 0 Å². The van der Waals surface area contributed by atoms with Gasteiger partial charge in [-0.2, -0.15) is 0 Å². The van der Waals surface area contributed by atoms with E-state index in [1.54, 1.807) is 0 Å². The molecule has 4 aromatic rings. The second-order valence-electron chi connectivity index (χ2n) is 7.93. The lowest BCUT2D eigenvalue weighted by Crippen LogP contribution is -2.00. The van der Waals surface area contributed by atoms with Gasteiger partial charge in [0.25, 0.3) is 0 Å². The normalized spacial score (nSPS) is 11.9. The molecule has 1 aliphatic carbocycles. The summed E-state index contributed by atoms with van der Waals surface area (Å²) >= 11 is 0. The summed E-state index contributed by atoms with van der Waals surface area (Å²) in [6, 6.07) is 20.2. The van der Waals surface area contributed by atoms with Crippen LogP contribution in [0.4, 0.5) is 0 Å². The Bertz CT molecular complexity index is 1200. The third-order valence-electron chi connectivity index (χ3n) is 6.82. The summed E-state index contributed by atoms with van der Waals surface area (Å²) in [6.07, 6.45) is 0. The molecule has 0 saturated carbocycles. The SMILES string of the molecule is Cc1c(C)c(C)c(-c2ccc3c4c(cccc24)-c2ccccc2-3)c(C)c1C. The molecule has 0 amide bonds. The van der Waals surface area contributed by atoms with Crippen molar-refractivity contribution in [2.45, 2.75) is 34.6 Å². The Labute approximate surface area is 161 Å². The fraction of sp³-hybridized carbons (Fsp3) is 0.185. The molecule has 0 saturated heterocycles. The van der Waals surface area contributed by atoms with E-state index in [4.69, 9.17) is 0 Å². The topological polar surface area (TPSA) is 0 Å². The van der Waals surface area contributed by atoms with Crippen LogP contribution in [-0.2, 0) is 0 Å². The van der Waals surface area contributed by atoms with Crippen LogP contribution in [0.3, 0.4) is 0 Å². The Morgan fingerprint density at radius 1 is 0.407 bits per heavy atom. The highest BCUT2D eigenvalue weighted by atomic mass is 14.3. The Morgan fingerprint density at radius 3 is 1.52 bits per heavy atom. The fourth-order valence-corrected chi connectivity index (χ4v) is 4.93. The summed E-state index contributed by atoms with van der Waals surface area (Å²) in [5.74, 6) is 0. The standard InChI is InChI=1S/C27H24/c1-15-16(2)18(4)26(19(5)17(15)3)25-14-13-24-21-10-7-6-9-20(21)22-11-8-12-23(25)27(22)24/h6-14H,1-5H3. The van der Waals surface area contributed by atoms with Crippen molar-refractivity contribution in [3.05, 3.63) is 82.4 Å². The molecule has 0 aromatic heterocycles. The first-order chi connectivity index (χ1) is 13.0. The summed E-state index contributed by atoms with van der Waals surface area (Å²) in [5.41, 5.74) is 15.3. The zero-order valence-corrected chi connectivity index (χ0v) is 16.7. The quantitative estimate of drug-likeness (QED) is 0.291. The Hall–Kier alpha value is -2.86. The van der Waals surface area contributed by atoms with E-state index in [9.17, 15) is 0 Å². The highest BCUT2D eigenvalue weighted by molar-refractivity contribution is 6.18. The van der Waals surface area contributed by atoms with Gasteiger partial charge in [-0.25, -0.2) is 0 Å². The van der Waals surface area contributed by atoms with E-state index in [1.165, 1.54) is 72.0 Å². The van der Waals surface area contributed by atoms with Crippen molar-refractivity contribution >= 4 is 10.8 Å². The second kappa shape index (κ2) is 5.57. The van der Waals surface area contributed by atoms with Gasteiger partial charge >= 0.3 is 0 Å². The lowest BCUT2D eigenvalue weighted by Gasteiger charge is -2.20. The number of benzene rings is 4. The number of hydrogen-bond donors (Lipinski definition) is 0. The molecule has 0 spiro atoms. The van der Waals surface area contributed by atoms with Crippen LogP contribution >= 0.6 is 0 Å². The van der Waals surface area contributed by atoms with Gasteiger partial charge in [0.15, 0.2) is 0 Å². The fourth-order valence-electron chi connectivity index (χ4n) is 4.93. The molecule has 27 heavy (non-hydrogen) atoms. The molecule has 4 aromatic carbocycles. The monoisotopic (exact) mass is 348 g/mol. The van der Waals surface area contributed by atoms with Crippen LogP contribution in [-0.4, -0.2) is 0 Å². The number of fused-ring (bicyclic) bond motifs is 3. The van der Waals surface area contributed by atoms with Crippen LogP contribution in [0, 0.1) is 34.6 Å². The maximum absolute atomic E-state index is 2.34. The van der Waals surface area contributed by atoms with Crippen molar-refractivity contribution in [1.29, 1.82) is 0 Å². The summed E-state index contributed by atoms with van der Waals surface area (Å²) in [7, 11) is 0. The smallest absolute Gasteiger partial charge is 0.00201 e. The zero-order valence-electron chi connectivity index (χ0n) is 16.7. The Kier molecular flexibility index (Phi) is 3.37. The van der Waals surface area contributed by atoms with Crippen LogP contribution in [0.15, 0.2) is 54.6 Å².